The van der Waals surface area contributed by atoms with Crippen LogP contribution in [-0.4, -0.2) is 36.7 Å². The minimum atomic E-state index is -0.956. The first-order chi connectivity index (χ1) is 7.67. The largest absolute Gasteiger partial charge is 0.467 e. The maximum absolute atomic E-state index is 11.5. The molecular formula is C11H17NO4. The fourth-order valence-electron chi connectivity index (χ4n) is 1.68. The maximum Gasteiger partial charge on any atom is 0.330 e. The van der Waals surface area contributed by atoms with Gasteiger partial charge in [-0.1, -0.05) is 12.2 Å². The second-order valence-corrected chi connectivity index (χ2v) is 3.80. The van der Waals surface area contributed by atoms with E-state index in [4.69, 9.17) is 5.11 Å². The molecule has 0 aliphatic heterocycles. The van der Waals surface area contributed by atoms with Crippen molar-refractivity contribution in [2.45, 2.75) is 25.3 Å². The Hall–Kier alpha value is -1.36. The molecule has 0 saturated carbocycles. The Morgan fingerprint density at radius 1 is 1.62 bits per heavy atom. The second-order valence-electron chi connectivity index (χ2n) is 3.80. The molecule has 0 bridgehead atoms. The van der Waals surface area contributed by atoms with E-state index in [0.29, 0.717) is 6.42 Å². The van der Waals surface area contributed by atoms with Gasteiger partial charge in [-0.3, -0.25) is 4.79 Å². The number of rotatable bonds is 5. The summed E-state index contributed by atoms with van der Waals surface area (Å²) in [6.45, 7) is -0.446. The molecule has 2 atom stereocenters. The van der Waals surface area contributed by atoms with E-state index in [9.17, 15) is 9.59 Å². The van der Waals surface area contributed by atoms with E-state index < -0.39 is 18.6 Å². The molecule has 2 unspecified atom stereocenters. The molecule has 0 aromatic heterocycles. The number of allylic oxidation sites excluding steroid dienone is 2. The van der Waals surface area contributed by atoms with Crippen molar-refractivity contribution in [3.05, 3.63) is 12.2 Å². The van der Waals surface area contributed by atoms with Gasteiger partial charge in [-0.25, -0.2) is 4.79 Å². The summed E-state index contributed by atoms with van der Waals surface area (Å²) in [6, 6.07) is -0.956. The molecule has 1 rings (SSSR count). The number of hydrogen-bond donors (Lipinski definition) is 2. The van der Waals surface area contributed by atoms with Crippen LogP contribution in [0.25, 0.3) is 0 Å². The molecule has 1 aliphatic carbocycles. The number of methoxy groups -OCH3 is 1. The minimum absolute atomic E-state index is 0.235. The molecule has 16 heavy (non-hydrogen) atoms. The van der Waals surface area contributed by atoms with Crippen molar-refractivity contribution in [2.24, 2.45) is 5.92 Å². The fraction of sp³-hybridized carbons (Fsp3) is 0.636. The molecule has 90 valence electrons. The molecular weight excluding hydrogens is 210 g/mol. The Labute approximate surface area is 94.5 Å². The maximum atomic E-state index is 11.5. The summed E-state index contributed by atoms with van der Waals surface area (Å²) in [5, 5.41) is 11.4. The van der Waals surface area contributed by atoms with E-state index >= 15 is 0 Å². The topological polar surface area (TPSA) is 75.6 Å². The number of esters is 1. The summed E-state index contributed by atoms with van der Waals surface area (Å²) in [7, 11) is 1.22. The zero-order chi connectivity index (χ0) is 12.0. The first-order valence-corrected chi connectivity index (χ1v) is 5.32. The van der Waals surface area contributed by atoms with Crippen LogP contribution in [0.3, 0.4) is 0 Å². The van der Waals surface area contributed by atoms with Gasteiger partial charge < -0.3 is 15.2 Å². The first kappa shape index (κ1) is 12.7. The van der Waals surface area contributed by atoms with Gasteiger partial charge in [0.05, 0.1) is 13.7 Å². The van der Waals surface area contributed by atoms with Gasteiger partial charge in [0.1, 0.15) is 0 Å². The minimum Gasteiger partial charge on any atom is -0.467 e. The molecule has 0 spiro atoms. The van der Waals surface area contributed by atoms with Gasteiger partial charge in [0, 0.05) is 6.42 Å². The Bertz CT molecular complexity index is 288. The van der Waals surface area contributed by atoms with Crippen LogP contribution in [0.2, 0.25) is 0 Å². The van der Waals surface area contributed by atoms with Crippen molar-refractivity contribution in [1.82, 2.24) is 5.32 Å². The van der Waals surface area contributed by atoms with Gasteiger partial charge in [-0.05, 0) is 18.8 Å². The molecule has 5 heteroatoms. The summed E-state index contributed by atoms with van der Waals surface area (Å²) < 4.78 is 4.45. The standard InChI is InChI=1S/C11H17NO4/c1-16-11(15)9(7-13)12-10(14)6-8-4-2-3-5-8/h2,4,8-9,13H,3,5-7H2,1H3,(H,12,14). The fourth-order valence-corrected chi connectivity index (χ4v) is 1.68. The predicted octanol–water partition coefficient (Wildman–Crippen LogP) is -0.00720. The molecule has 0 aromatic rings. The summed E-state index contributed by atoms with van der Waals surface area (Å²) in [4.78, 5) is 22.6. The lowest BCUT2D eigenvalue weighted by Crippen LogP contribution is -2.44. The van der Waals surface area contributed by atoms with E-state index in [2.05, 4.69) is 10.1 Å². The van der Waals surface area contributed by atoms with Crippen molar-refractivity contribution in [3.8, 4) is 0 Å². The van der Waals surface area contributed by atoms with Crippen LogP contribution >= 0.6 is 0 Å². The van der Waals surface area contributed by atoms with Crippen LogP contribution in [0.15, 0.2) is 12.2 Å². The number of hydrogen-bond acceptors (Lipinski definition) is 4. The van der Waals surface area contributed by atoms with Gasteiger partial charge >= 0.3 is 5.97 Å². The van der Waals surface area contributed by atoms with Crippen LogP contribution in [-0.2, 0) is 14.3 Å². The average Bonchev–Trinajstić information content (AvgIpc) is 2.77. The monoisotopic (exact) mass is 227 g/mol. The van der Waals surface area contributed by atoms with Crippen molar-refractivity contribution >= 4 is 11.9 Å². The van der Waals surface area contributed by atoms with Gasteiger partial charge in [-0.2, -0.15) is 0 Å². The highest BCUT2D eigenvalue weighted by Gasteiger charge is 2.22. The van der Waals surface area contributed by atoms with Crippen molar-refractivity contribution in [3.63, 3.8) is 0 Å². The van der Waals surface area contributed by atoms with Gasteiger partial charge in [0.25, 0.3) is 0 Å². The van der Waals surface area contributed by atoms with E-state index in [1.54, 1.807) is 0 Å². The number of carbonyl (C=O) groups excluding carboxylic acids is 2. The smallest absolute Gasteiger partial charge is 0.330 e. The van der Waals surface area contributed by atoms with Crippen LogP contribution in [0, 0.1) is 5.92 Å². The van der Waals surface area contributed by atoms with Crippen molar-refractivity contribution < 1.29 is 19.4 Å². The quantitative estimate of drug-likeness (QED) is 0.512. The average molecular weight is 227 g/mol. The lowest BCUT2D eigenvalue weighted by Gasteiger charge is -2.15. The van der Waals surface area contributed by atoms with Gasteiger partial charge in [-0.15, -0.1) is 0 Å². The summed E-state index contributed by atoms with van der Waals surface area (Å²) in [5.74, 6) is -0.615. The summed E-state index contributed by atoms with van der Waals surface area (Å²) in [6.07, 6.45) is 6.37. The molecule has 0 heterocycles. The van der Waals surface area contributed by atoms with E-state index in [1.807, 2.05) is 12.2 Å². The summed E-state index contributed by atoms with van der Waals surface area (Å²) >= 11 is 0. The molecule has 2 N–H and O–H groups in total. The first-order valence-electron chi connectivity index (χ1n) is 5.32. The Morgan fingerprint density at radius 3 is 2.88 bits per heavy atom. The number of nitrogens with one attached hydrogen (secondary N) is 1. The third kappa shape index (κ3) is 3.66. The zero-order valence-electron chi connectivity index (χ0n) is 9.31. The Morgan fingerprint density at radius 2 is 2.38 bits per heavy atom. The van der Waals surface area contributed by atoms with Crippen molar-refractivity contribution in [2.75, 3.05) is 13.7 Å². The van der Waals surface area contributed by atoms with E-state index in [1.165, 1.54) is 7.11 Å². The van der Waals surface area contributed by atoms with Crippen molar-refractivity contribution in [1.29, 1.82) is 0 Å². The lowest BCUT2D eigenvalue weighted by molar-refractivity contribution is -0.146. The lowest BCUT2D eigenvalue weighted by atomic mass is 10.0. The third-order valence-electron chi connectivity index (χ3n) is 2.56. The number of amides is 1. The molecule has 0 fully saturated rings. The molecule has 5 nitrogen and oxygen atoms in total. The van der Waals surface area contributed by atoms with Crippen LogP contribution in [0.4, 0.5) is 0 Å². The van der Waals surface area contributed by atoms with E-state index in [0.717, 1.165) is 12.8 Å². The highest BCUT2D eigenvalue weighted by atomic mass is 16.5. The predicted molar refractivity (Wildman–Crippen MR) is 57.5 cm³/mol. The highest BCUT2D eigenvalue weighted by molar-refractivity contribution is 5.84. The molecule has 1 aliphatic rings. The summed E-state index contributed by atoms with van der Waals surface area (Å²) in [5.41, 5.74) is 0. The number of aliphatic hydroxyl groups excluding tert-OH is 1. The van der Waals surface area contributed by atoms with Crippen LogP contribution in [0.5, 0.6) is 0 Å². The molecule has 1 amide bonds. The third-order valence-corrected chi connectivity index (χ3v) is 2.56. The van der Waals surface area contributed by atoms with Gasteiger partial charge in [0.2, 0.25) is 5.91 Å². The SMILES string of the molecule is COC(=O)C(CO)NC(=O)CC1C=CCC1. The molecule has 0 aromatic carbocycles. The Kier molecular flexibility index (Phi) is 4.98. The number of carbonyl (C=O) groups is 2. The normalized spacial score (nSPS) is 20.5. The molecule has 0 radical (unpaired) electrons. The van der Waals surface area contributed by atoms with Crippen LogP contribution < -0.4 is 5.32 Å². The highest BCUT2D eigenvalue weighted by Crippen LogP contribution is 2.19. The number of ether oxygens (including phenoxy) is 1. The molecule has 0 saturated heterocycles. The Balaban J connectivity index is 2.36. The second kappa shape index (κ2) is 6.27. The van der Waals surface area contributed by atoms with Crippen LogP contribution in [0.1, 0.15) is 19.3 Å². The van der Waals surface area contributed by atoms with Gasteiger partial charge in [0.15, 0.2) is 6.04 Å². The van der Waals surface area contributed by atoms with E-state index in [-0.39, 0.29) is 11.8 Å². The number of aliphatic hydroxyl groups is 1. The zero-order valence-corrected chi connectivity index (χ0v) is 9.31.